The Hall–Kier alpha value is -2.79. The zero-order valence-corrected chi connectivity index (χ0v) is 18.4. The van der Waals surface area contributed by atoms with Gasteiger partial charge in [-0.15, -0.1) is 0 Å². The molecule has 0 aromatic carbocycles. The fraction of sp³-hybridized carbons (Fsp3) is 0.545. The monoisotopic (exact) mass is 472 g/mol. The van der Waals surface area contributed by atoms with E-state index in [9.17, 15) is 18.0 Å². The Balaban J connectivity index is 0.000000383. The predicted octanol–water partition coefficient (Wildman–Crippen LogP) is 3.42. The van der Waals surface area contributed by atoms with E-state index in [4.69, 9.17) is 23.5 Å². The maximum Gasteiger partial charge on any atom is 0.490 e. The quantitative estimate of drug-likeness (QED) is 0.712. The van der Waals surface area contributed by atoms with Gasteiger partial charge < -0.3 is 23.6 Å². The first-order chi connectivity index (χ1) is 15.5. The molecule has 4 heterocycles. The van der Waals surface area contributed by atoms with Gasteiger partial charge in [-0.2, -0.15) is 13.2 Å². The molecule has 11 heteroatoms. The van der Waals surface area contributed by atoms with Crippen LogP contribution in [0.15, 0.2) is 39.4 Å². The number of rotatable bonds is 5. The minimum absolute atomic E-state index is 0.00820. The van der Waals surface area contributed by atoms with Gasteiger partial charge in [0.05, 0.1) is 25.5 Å². The number of hydrogen-bond acceptors (Lipinski definition) is 6. The molecule has 2 aromatic rings. The lowest BCUT2D eigenvalue weighted by Crippen LogP contribution is -2.47. The number of nitrogens with zero attached hydrogens (tertiary/aromatic N) is 2. The van der Waals surface area contributed by atoms with Crippen LogP contribution in [0.4, 0.5) is 13.2 Å². The van der Waals surface area contributed by atoms with Gasteiger partial charge in [-0.3, -0.25) is 9.69 Å². The Bertz CT molecular complexity index is 927. The van der Waals surface area contributed by atoms with Crippen molar-refractivity contribution in [3.05, 3.63) is 47.8 Å². The average molecular weight is 472 g/mol. The zero-order chi connectivity index (χ0) is 24.2. The van der Waals surface area contributed by atoms with E-state index >= 15 is 0 Å². The molecule has 2 saturated heterocycles. The minimum atomic E-state index is -5.08. The highest BCUT2D eigenvalue weighted by atomic mass is 19.4. The van der Waals surface area contributed by atoms with Crippen LogP contribution in [-0.4, -0.2) is 72.4 Å². The number of likely N-dealkylation sites (N-methyl/N-ethyl adjacent to an activating group) is 1. The number of carboxylic acids is 1. The number of amides is 1. The van der Waals surface area contributed by atoms with Gasteiger partial charge in [0.15, 0.2) is 5.76 Å². The maximum atomic E-state index is 12.7. The molecule has 8 nitrogen and oxygen atoms in total. The molecule has 1 N–H and O–H groups in total. The van der Waals surface area contributed by atoms with Crippen molar-refractivity contribution in [3.8, 4) is 0 Å². The first kappa shape index (κ1) is 24.8. The lowest BCUT2D eigenvalue weighted by molar-refractivity contribution is -0.192. The summed E-state index contributed by atoms with van der Waals surface area (Å²) in [7, 11) is 2.08. The number of alkyl halides is 3. The van der Waals surface area contributed by atoms with Crippen LogP contribution in [0.1, 0.15) is 28.5 Å². The summed E-state index contributed by atoms with van der Waals surface area (Å²) >= 11 is 0. The highest BCUT2D eigenvalue weighted by Gasteiger charge is 2.42. The standard InChI is InChI=1S/C20H26N2O4.C2HF3O2/c1-14-5-6-18(26-14)20(23)22-8-7-15-13-25-19(17(15)11-22)12-21(2)10-16-4-3-9-24-16;3-2(4,5)1(6)7/h3-6,9,15,17,19H,7-8,10-13H2,1-2H3;(H,6,7)/t15-,17-,19+;/m0./s1. The number of halogens is 3. The molecule has 182 valence electrons. The summed E-state index contributed by atoms with van der Waals surface area (Å²) in [6.45, 7) is 5.77. The van der Waals surface area contributed by atoms with Gasteiger partial charge in [0.1, 0.15) is 11.5 Å². The lowest BCUT2D eigenvalue weighted by Gasteiger charge is -2.36. The molecule has 2 aliphatic rings. The summed E-state index contributed by atoms with van der Waals surface area (Å²) < 4.78 is 48.8. The third-order valence-corrected chi connectivity index (χ3v) is 5.79. The third-order valence-electron chi connectivity index (χ3n) is 5.79. The van der Waals surface area contributed by atoms with Gasteiger partial charge in [-0.05, 0) is 50.6 Å². The van der Waals surface area contributed by atoms with Crippen LogP contribution in [0.2, 0.25) is 0 Å². The maximum absolute atomic E-state index is 12.7. The van der Waals surface area contributed by atoms with Crippen LogP contribution in [0.5, 0.6) is 0 Å². The van der Waals surface area contributed by atoms with Gasteiger partial charge in [0, 0.05) is 25.6 Å². The Morgan fingerprint density at radius 1 is 1.27 bits per heavy atom. The van der Waals surface area contributed by atoms with Gasteiger partial charge in [0.2, 0.25) is 0 Å². The van der Waals surface area contributed by atoms with E-state index < -0.39 is 12.1 Å². The van der Waals surface area contributed by atoms with Crippen LogP contribution >= 0.6 is 0 Å². The number of aliphatic carboxylic acids is 1. The summed E-state index contributed by atoms with van der Waals surface area (Å²) in [5, 5.41) is 7.12. The molecule has 0 saturated carbocycles. The number of carbonyl (C=O) groups is 2. The summed E-state index contributed by atoms with van der Waals surface area (Å²) in [6.07, 6.45) is -2.24. The molecular formula is C22H27F3N2O6. The third kappa shape index (κ3) is 6.61. The van der Waals surface area contributed by atoms with E-state index in [1.165, 1.54) is 0 Å². The van der Waals surface area contributed by atoms with Crippen molar-refractivity contribution >= 4 is 11.9 Å². The predicted molar refractivity (Wildman–Crippen MR) is 109 cm³/mol. The van der Waals surface area contributed by atoms with Crippen LogP contribution in [0.25, 0.3) is 0 Å². The SMILES string of the molecule is Cc1ccc(C(=O)N2CC[C@H]3CO[C@H](CN(C)Cc4ccco4)[C@H]3C2)o1.O=C(O)C(F)(F)F. The summed E-state index contributed by atoms with van der Waals surface area (Å²) in [5.74, 6) is 0.313. The Labute approximate surface area is 188 Å². The van der Waals surface area contributed by atoms with Crippen molar-refractivity contribution in [1.82, 2.24) is 9.80 Å². The molecular weight excluding hydrogens is 445 g/mol. The number of ether oxygens (including phenoxy) is 1. The Morgan fingerprint density at radius 2 is 2.00 bits per heavy atom. The molecule has 33 heavy (non-hydrogen) atoms. The average Bonchev–Trinajstić information content (AvgIpc) is 3.49. The molecule has 4 rings (SSSR count). The molecule has 2 aliphatic heterocycles. The highest BCUT2D eigenvalue weighted by molar-refractivity contribution is 5.91. The first-order valence-electron chi connectivity index (χ1n) is 10.5. The molecule has 0 aliphatic carbocycles. The largest absolute Gasteiger partial charge is 0.490 e. The van der Waals surface area contributed by atoms with Crippen molar-refractivity contribution in [2.45, 2.75) is 32.2 Å². The zero-order valence-electron chi connectivity index (χ0n) is 18.4. The van der Waals surface area contributed by atoms with E-state index in [0.717, 1.165) is 50.7 Å². The topological polar surface area (TPSA) is 96.4 Å². The van der Waals surface area contributed by atoms with Crippen LogP contribution < -0.4 is 0 Å². The van der Waals surface area contributed by atoms with Crippen molar-refractivity contribution in [1.29, 1.82) is 0 Å². The molecule has 0 bridgehead atoms. The molecule has 0 radical (unpaired) electrons. The molecule has 2 fully saturated rings. The summed E-state index contributed by atoms with van der Waals surface area (Å²) in [4.78, 5) is 25.8. The smallest absolute Gasteiger partial charge is 0.475 e. The van der Waals surface area contributed by atoms with Gasteiger partial charge >= 0.3 is 12.1 Å². The van der Waals surface area contributed by atoms with E-state index in [0.29, 0.717) is 17.6 Å². The number of carboxylic acid groups (broad SMARTS) is 1. The number of aryl methyl sites for hydroxylation is 1. The van der Waals surface area contributed by atoms with E-state index in [-0.39, 0.29) is 12.0 Å². The molecule has 2 aromatic heterocycles. The number of likely N-dealkylation sites (tertiary alicyclic amines) is 1. The van der Waals surface area contributed by atoms with Crippen LogP contribution in [-0.2, 0) is 16.1 Å². The molecule has 0 spiro atoms. The van der Waals surface area contributed by atoms with Crippen molar-refractivity contribution in [3.63, 3.8) is 0 Å². The van der Waals surface area contributed by atoms with Crippen LogP contribution in [0.3, 0.4) is 0 Å². The lowest BCUT2D eigenvalue weighted by atomic mass is 9.84. The number of furan rings is 2. The number of hydrogen-bond donors (Lipinski definition) is 1. The Morgan fingerprint density at radius 3 is 2.58 bits per heavy atom. The summed E-state index contributed by atoms with van der Waals surface area (Å²) in [5.41, 5.74) is 0. The second kappa shape index (κ2) is 10.4. The first-order valence-corrected chi connectivity index (χ1v) is 10.5. The fourth-order valence-electron chi connectivity index (χ4n) is 4.15. The second-order valence-electron chi connectivity index (χ2n) is 8.32. The van der Waals surface area contributed by atoms with Crippen molar-refractivity contribution in [2.75, 3.05) is 33.3 Å². The van der Waals surface area contributed by atoms with Crippen molar-refractivity contribution < 1.29 is 41.4 Å². The second-order valence-corrected chi connectivity index (χ2v) is 8.32. The fourth-order valence-corrected chi connectivity index (χ4v) is 4.15. The van der Waals surface area contributed by atoms with Crippen molar-refractivity contribution in [2.24, 2.45) is 11.8 Å². The van der Waals surface area contributed by atoms with E-state index in [1.807, 2.05) is 30.0 Å². The number of carbonyl (C=O) groups excluding carboxylic acids is 1. The number of piperidine rings is 1. The van der Waals surface area contributed by atoms with Gasteiger partial charge in [-0.25, -0.2) is 4.79 Å². The number of fused-ring (bicyclic) bond motifs is 1. The minimum Gasteiger partial charge on any atom is -0.475 e. The van der Waals surface area contributed by atoms with Gasteiger partial charge in [-0.1, -0.05) is 0 Å². The van der Waals surface area contributed by atoms with E-state index in [2.05, 4.69) is 11.9 Å². The normalized spacial score (nSPS) is 22.6. The molecule has 1 amide bonds. The van der Waals surface area contributed by atoms with Crippen LogP contribution in [0, 0.1) is 18.8 Å². The Kier molecular flexibility index (Phi) is 7.85. The highest BCUT2D eigenvalue weighted by Crippen LogP contribution is 2.35. The molecule has 0 unspecified atom stereocenters. The summed E-state index contributed by atoms with van der Waals surface area (Å²) in [6, 6.07) is 7.50. The molecule has 3 atom stereocenters. The van der Waals surface area contributed by atoms with E-state index in [1.54, 1.807) is 12.3 Å². The van der Waals surface area contributed by atoms with Gasteiger partial charge in [0.25, 0.3) is 5.91 Å².